The third-order valence-corrected chi connectivity index (χ3v) is 3.34. The molecule has 0 aliphatic carbocycles. The van der Waals surface area contributed by atoms with Crippen molar-refractivity contribution in [3.05, 3.63) is 24.2 Å². The van der Waals surface area contributed by atoms with Crippen LogP contribution in [0, 0.1) is 0 Å². The zero-order valence-corrected chi connectivity index (χ0v) is 12.1. The summed E-state index contributed by atoms with van der Waals surface area (Å²) in [6.45, 7) is 0.746. The minimum absolute atomic E-state index is 0.688. The Kier molecular flexibility index (Phi) is 5.12. The highest BCUT2D eigenvalue weighted by Gasteiger charge is 2.10. The number of rotatable bonds is 7. The number of methoxy groups -OCH3 is 2. The van der Waals surface area contributed by atoms with Gasteiger partial charge < -0.3 is 15.2 Å². The Bertz CT molecular complexity index is 572. The van der Waals surface area contributed by atoms with E-state index in [1.54, 1.807) is 20.5 Å². The Morgan fingerprint density at radius 1 is 1.00 bits per heavy atom. The van der Waals surface area contributed by atoms with Gasteiger partial charge in [0.05, 0.1) is 25.4 Å². The van der Waals surface area contributed by atoms with Gasteiger partial charge >= 0.3 is 0 Å². The molecular formula is C15H21N3O2. The van der Waals surface area contributed by atoms with E-state index in [9.17, 15) is 0 Å². The van der Waals surface area contributed by atoms with Gasteiger partial charge in [-0.25, -0.2) is 9.97 Å². The lowest BCUT2D eigenvalue weighted by Crippen LogP contribution is -2.00. The van der Waals surface area contributed by atoms with Crippen LogP contribution in [0.5, 0.6) is 11.5 Å². The molecule has 108 valence electrons. The first kappa shape index (κ1) is 14.5. The van der Waals surface area contributed by atoms with Crippen molar-refractivity contribution in [2.75, 3.05) is 20.8 Å². The van der Waals surface area contributed by atoms with Crippen LogP contribution >= 0.6 is 0 Å². The number of fused-ring (bicyclic) bond motifs is 1. The van der Waals surface area contributed by atoms with E-state index >= 15 is 0 Å². The van der Waals surface area contributed by atoms with Crippen LogP contribution in [0.4, 0.5) is 0 Å². The number of hydrogen-bond donors (Lipinski definition) is 1. The summed E-state index contributed by atoms with van der Waals surface area (Å²) in [5.41, 5.74) is 7.44. The summed E-state index contributed by atoms with van der Waals surface area (Å²) in [6.07, 6.45) is 5.79. The SMILES string of the molecule is COc1cc2ncnc(CCCCCN)c2cc1OC. The van der Waals surface area contributed by atoms with Crippen molar-refractivity contribution in [1.29, 1.82) is 0 Å². The predicted octanol–water partition coefficient (Wildman–Crippen LogP) is 2.32. The van der Waals surface area contributed by atoms with E-state index in [1.165, 1.54) is 0 Å². The number of hydrogen-bond acceptors (Lipinski definition) is 5. The monoisotopic (exact) mass is 275 g/mol. The van der Waals surface area contributed by atoms with E-state index in [0.29, 0.717) is 11.5 Å². The quantitative estimate of drug-likeness (QED) is 0.785. The van der Waals surface area contributed by atoms with Crippen LogP contribution in [0.15, 0.2) is 18.5 Å². The van der Waals surface area contributed by atoms with E-state index in [2.05, 4.69) is 9.97 Å². The molecule has 20 heavy (non-hydrogen) atoms. The summed E-state index contributed by atoms with van der Waals surface area (Å²) >= 11 is 0. The summed E-state index contributed by atoms with van der Waals surface area (Å²) in [4.78, 5) is 8.70. The largest absolute Gasteiger partial charge is 0.493 e. The van der Waals surface area contributed by atoms with Crippen LogP contribution in [0.25, 0.3) is 10.9 Å². The number of aryl methyl sites for hydroxylation is 1. The maximum Gasteiger partial charge on any atom is 0.162 e. The molecule has 2 N–H and O–H groups in total. The topological polar surface area (TPSA) is 70.3 Å². The normalized spacial score (nSPS) is 10.8. The second-order valence-electron chi connectivity index (χ2n) is 4.64. The molecule has 0 saturated heterocycles. The molecule has 5 heteroatoms. The van der Waals surface area contributed by atoms with Gasteiger partial charge in [-0.15, -0.1) is 0 Å². The fraction of sp³-hybridized carbons (Fsp3) is 0.467. The average molecular weight is 275 g/mol. The summed E-state index contributed by atoms with van der Waals surface area (Å²) in [5.74, 6) is 1.39. The predicted molar refractivity (Wildman–Crippen MR) is 79.3 cm³/mol. The molecule has 0 spiro atoms. The third-order valence-electron chi connectivity index (χ3n) is 3.34. The Labute approximate surface area is 119 Å². The molecule has 0 atom stereocenters. The molecule has 0 aliphatic heterocycles. The van der Waals surface area contributed by atoms with Crippen LogP contribution in [0.2, 0.25) is 0 Å². The zero-order valence-electron chi connectivity index (χ0n) is 12.1. The third kappa shape index (κ3) is 3.17. The molecule has 0 amide bonds. The van der Waals surface area contributed by atoms with Crippen molar-refractivity contribution in [3.8, 4) is 11.5 Å². The molecule has 0 aliphatic rings. The van der Waals surface area contributed by atoms with Crippen molar-refractivity contribution in [1.82, 2.24) is 9.97 Å². The Hall–Kier alpha value is -1.88. The number of unbranched alkanes of at least 4 members (excludes halogenated alkanes) is 2. The summed E-state index contributed by atoms with van der Waals surface area (Å²) in [7, 11) is 3.26. The highest BCUT2D eigenvalue weighted by Crippen LogP contribution is 2.32. The molecule has 5 nitrogen and oxygen atoms in total. The second kappa shape index (κ2) is 7.05. The maximum absolute atomic E-state index is 5.51. The van der Waals surface area contributed by atoms with Gasteiger partial charge in [0, 0.05) is 11.5 Å². The minimum Gasteiger partial charge on any atom is -0.493 e. The Morgan fingerprint density at radius 2 is 1.75 bits per heavy atom. The van der Waals surface area contributed by atoms with Gasteiger partial charge in [0.2, 0.25) is 0 Å². The van der Waals surface area contributed by atoms with Crippen LogP contribution < -0.4 is 15.2 Å². The van der Waals surface area contributed by atoms with Gasteiger partial charge in [-0.05, 0) is 31.9 Å². The Balaban J connectivity index is 2.30. The first-order chi connectivity index (χ1) is 9.80. The number of nitrogens with zero attached hydrogens (tertiary/aromatic N) is 2. The standard InChI is InChI=1S/C15H21N3O2/c1-19-14-8-11-12(6-4-3-5-7-16)17-10-18-13(11)9-15(14)20-2/h8-10H,3-7,16H2,1-2H3. The molecular weight excluding hydrogens is 254 g/mol. The molecule has 2 rings (SSSR count). The molecule has 0 radical (unpaired) electrons. The zero-order chi connectivity index (χ0) is 14.4. The molecule has 0 fully saturated rings. The first-order valence-electron chi connectivity index (χ1n) is 6.85. The van der Waals surface area contributed by atoms with Crippen molar-refractivity contribution >= 4 is 10.9 Å². The van der Waals surface area contributed by atoms with Gasteiger partial charge in [-0.1, -0.05) is 6.42 Å². The van der Waals surface area contributed by atoms with E-state index in [0.717, 1.165) is 48.8 Å². The van der Waals surface area contributed by atoms with Crippen LogP contribution in [0.3, 0.4) is 0 Å². The summed E-state index contributed by atoms with van der Waals surface area (Å²) in [6, 6.07) is 3.84. The van der Waals surface area contributed by atoms with Gasteiger partial charge in [0.1, 0.15) is 6.33 Å². The van der Waals surface area contributed by atoms with Gasteiger partial charge in [-0.2, -0.15) is 0 Å². The summed E-state index contributed by atoms with van der Waals surface area (Å²) in [5, 5.41) is 1.03. The van der Waals surface area contributed by atoms with E-state index in [-0.39, 0.29) is 0 Å². The first-order valence-corrected chi connectivity index (χ1v) is 6.85. The fourth-order valence-corrected chi connectivity index (χ4v) is 2.25. The van der Waals surface area contributed by atoms with E-state index in [4.69, 9.17) is 15.2 Å². The molecule has 1 heterocycles. The van der Waals surface area contributed by atoms with E-state index < -0.39 is 0 Å². The lowest BCUT2D eigenvalue weighted by molar-refractivity contribution is 0.355. The number of aromatic nitrogens is 2. The molecule has 0 saturated carbocycles. The highest BCUT2D eigenvalue weighted by atomic mass is 16.5. The molecule has 1 aromatic carbocycles. The lowest BCUT2D eigenvalue weighted by Gasteiger charge is -2.10. The molecule has 0 bridgehead atoms. The van der Waals surface area contributed by atoms with Gasteiger partial charge in [0.25, 0.3) is 0 Å². The number of nitrogens with two attached hydrogens (primary N) is 1. The van der Waals surface area contributed by atoms with Crippen molar-refractivity contribution in [2.45, 2.75) is 25.7 Å². The van der Waals surface area contributed by atoms with Crippen molar-refractivity contribution in [3.63, 3.8) is 0 Å². The molecule has 0 unspecified atom stereocenters. The summed E-state index contributed by atoms with van der Waals surface area (Å²) < 4.78 is 10.6. The molecule has 1 aromatic heterocycles. The number of ether oxygens (including phenoxy) is 2. The Morgan fingerprint density at radius 3 is 2.45 bits per heavy atom. The van der Waals surface area contributed by atoms with Gasteiger partial charge in [0.15, 0.2) is 11.5 Å². The van der Waals surface area contributed by atoms with Gasteiger partial charge in [-0.3, -0.25) is 0 Å². The maximum atomic E-state index is 5.51. The lowest BCUT2D eigenvalue weighted by atomic mass is 10.1. The average Bonchev–Trinajstić information content (AvgIpc) is 2.50. The van der Waals surface area contributed by atoms with Crippen LogP contribution in [-0.2, 0) is 6.42 Å². The highest BCUT2D eigenvalue weighted by molar-refractivity contribution is 5.84. The van der Waals surface area contributed by atoms with Crippen LogP contribution in [0.1, 0.15) is 25.0 Å². The number of benzene rings is 1. The fourth-order valence-electron chi connectivity index (χ4n) is 2.25. The molecule has 2 aromatic rings. The minimum atomic E-state index is 0.688. The second-order valence-corrected chi connectivity index (χ2v) is 4.64. The smallest absolute Gasteiger partial charge is 0.162 e. The van der Waals surface area contributed by atoms with Crippen molar-refractivity contribution < 1.29 is 9.47 Å². The van der Waals surface area contributed by atoms with Crippen LogP contribution in [-0.4, -0.2) is 30.7 Å². The van der Waals surface area contributed by atoms with Crippen molar-refractivity contribution in [2.24, 2.45) is 5.73 Å². The van der Waals surface area contributed by atoms with E-state index in [1.807, 2.05) is 12.1 Å².